The van der Waals surface area contributed by atoms with Gasteiger partial charge in [-0.1, -0.05) is 13.8 Å². The maximum absolute atomic E-state index is 10.5. The number of carbonyl (C=O) groups excluding carboxylic acids is 1. The fourth-order valence-corrected chi connectivity index (χ4v) is 0.309. The summed E-state index contributed by atoms with van der Waals surface area (Å²) in [6.07, 6.45) is 0. The summed E-state index contributed by atoms with van der Waals surface area (Å²) in [5, 5.41) is 0. The molecule has 0 atom stereocenters. The number of ether oxygens (including phenoxy) is 1. The van der Waals surface area contributed by atoms with Crippen LogP contribution in [0.3, 0.4) is 0 Å². The molecule has 0 unspecified atom stereocenters. The average Bonchev–Trinajstić information content (AvgIpc) is 1.67. The van der Waals surface area contributed by atoms with Gasteiger partial charge in [-0.3, -0.25) is 4.79 Å². The highest BCUT2D eigenvalue weighted by Gasteiger charge is 2.04. The molecular formula is C6H14Cl2O2. The summed E-state index contributed by atoms with van der Waals surface area (Å²) in [6, 6.07) is 0. The predicted octanol–water partition coefficient (Wildman–Crippen LogP) is 2.05. The molecular weight excluding hydrogens is 175 g/mol. The van der Waals surface area contributed by atoms with Crippen LogP contribution in [0.1, 0.15) is 20.8 Å². The second-order valence-corrected chi connectivity index (χ2v) is 1.91. The van der Waals surface area contributed by atoms with Crippen LogP contribution in [0.5, 0.6) is 0 Å². The lowest BCUT2D eigenvalue weighted by Crippen LogP contribution is -2.10. The van der Waals surface area contributed by atoms with E-state index in [1.165, 1.54) is 0 Å². The van der Waals surface area contributed by atoms with Crippen LogP contribution in [-0.2, 0) is 9.53 Å². The van der Waals surface area contributed by atoms with Crippen LogP contribution < -0.4 is 0 Å². The third-order valence-corrected chi connectivity index (χ3v) is 0.758. The minimum atomic E-state index is -0.118. The molecule has 0 aromatic heterocycles. The largest absolute Gasteiger partial charge is 0.466 e. The Morgan fingerprint density at radius 1 is 1.40 bits per heavy atom. The third-order valence-electron chi connectivity index (χ3n) is 0.758. The monoisotopic (exact) mass is 188 g/mol. The first-order valence-electron chi connectivity index (χ1n) is 2.85. The molecule has 0 spiro atoms. The van der Waals surface area contributed by atoms with E-state index in [1.54, 1.807) is 6.92 Å². The van der Waals surface area contributed by atoms with Gasteiger partial charge in [0, 0.05) is 0 Å². The van der Waals surface area contributed by atoms with Crippen LogP contribution in [0.25, 0.3) is 0 Å². The van der Waals surface area contributed by atoms with Crippen LogP contribution in [0.15, 0.2) is 0 Å². The molecule has 0 saturated carbocycles. The molecule has 64 valence electrons. The summed E-state index contributed by atoms with van der Waals surface area (Å²) in [5.74, 6) is -0.109. The summed E-state index contributed by atoms with van der Waals surface area (Å²) in [4.78, 5) is 10.5. The summed E-state index contributed by atoms with van der Waals surface area (Å²) in [7, 11) is 0. The van der Waals surface area contributed by atoms with Gasteiger partial charge in [-0.2, -0.15) is 0 Å². The van der Waals surface area contributed by atoms with E-state index >= 15 is 0 Å². The number of esters is 1. The molecule has 0 aliphatic carbocycles. The van der Waals surface area contributed by atoms with Crippen molar-refractivity contribution in [2.75, 3.05) is 6.61 Å². The number of carbonyl (C=O) groups is 1. The van der Waals surface area contributed by atoms with Crippen molar-refractivity contribution < 1.29 is 9.53 Å². The molecule has 0 aliphatic rings. The molecule has 0 radical (unpaired) electrons. The SMILES string of the molecule is CCOC(=O)C(C)C.Cl.Cl. The Morgan fingerprint density at radius 2 is 1.80 bits per heavy atom. The normalized spacial score (nSPS) is 7.60. The molecule has 2 nitrogen and oxygen atoms in total. The minimum Gasteiger partial charge on any atom is -0.466 e. The third kappa shape index (κ3) is 8.05. The number of hydrogen-bond acceptors (Lipinski definition) is 2. The molecule has 0 saturated heterocycles. The lowest BCUT2D eigenvalue weighted by atomic mass is 10.2. The van der Waals surface area contributed by atoms with Crippen molar-refractivity contribution >= 4 is 30.8 Å². The highest BCUT2D eigenvalue weighted by molar-refractivity contribution is 5.85. The zero-order chi connectivity index (χ0) is 6.57. The van der Waals surface area contributed by atoms with Crippen LogP contribution in [-0.4, -0.2) is 12.6 Å². The first-order valence-corrected chi connectivity index (χ1v) is 2.85. The van der Waals surface area contributed by atoms with Crippen LogP contribution in [0.4, 0.5) is 0 Å². The maximum atomic E-state index is 10.5. The van der Waals surface area contributed by atoms with Gasteiger partial charge in [-0.05, 0) is 6.92 Å². The minimum absolute atomic E-state index is 0. The van der Waals surface area contributed by atoms with E-state index in [0.29, 0.717) is 6.61 Å². The number of halogens is 2. The average molecular weight is 189 g/mol. The van der Waals surface area contributed by atoms with Crippen molar-refractivity contribution in [3.05, 3.63) is 0 Å². The fourth-order valence-electron chi connectivity index (χ4n) is 0.309. The van der Waals surface area contributed by atoms with Gasteiger partial charge in [0.2, 0.25) is 0 Å². The molecule has 10 heavy (non-hydrogen) atoms. The van der Waals surface area contributed by atoms with Crippen LogP contribution in [0, 0.1) is 5.92 Å². The standard InChI is InChI=1S/C6H12O2.2ClH/c1-4-8-6(7)5(2)3;;/h5H,4H2,1-3H3;2*1H. The zero-order valence-electron chi connectivity index (χ0n) is 6.42. The zero-order valence-corrected chi connectivity index (χ0v) is 8.05. The van der Waals surface area contributed by atoms with E-state index < -0.39 is 0 Å². The summed E-state index contributed by atoms with van der Waals surface area (Å²) in [6.45, 7) is 5.92. The maximum Gasteiger partial charge on any atom is 0.308 e. The molecule has 0 aromatic rings. The van der Waals surface area contributed by atoms with Gasteiger partial charge in [0.05, 0.1) is 12.5 Å². The second-order valence-electron chi connectivity index (χ2n) is 1.91. The van der Waals surface area contributed by atoms with Crippen molar-refractivity contribution in [2.45, 2.75) is 20.8 Å². The van der Waals surface area contributed by atoms with Crippen molar-refractivity contribution in [3.8, 4) is 0 Å². The van der Waals surface area contributed by atoms with E-state index in [0.717, 1.165) is 0 Å². The lowest BCUT2D eigenvalue weighted by Gasteiger charge is -2.01. The predicted molar refractivity (Wildman–Crippen MR) is 46.0 cm³/mol. The number of hydrogen-bond donors (Lipinski definition) is 0. The Kier molecular flexibility index (Phi) is 15.0. The Balaban J connectivity index is -0.000000245. The van der Waals surface area contributed by atoms with Crippen LogP contribution >= 0.6 is 24.8 Å². The van der Waals surface area contributed by atoms with Gasteiger partial charge in [-0.15, -0.1) is 24.8 Å². The van der Waals surface area contributed by atoms with E-state index in [1.807, 2.05) is 13.8 Å². The highest BCUT2D eigenvalue weighted by atomic mass is 35.5. The molecule has 0 rings (SSSR count). The quantitative estimate of drug-likeness (QED) is 0.621. The molecule has 0 aromatic carbocycles. The van der Waals surface area contributed by atoms with Gasteiger partial charge >= 0.3 is 5.97 Å². The Labute approximate surface area is 74.1 Å². The van der Waals surface area contributed by atoms with E-state index in [9.17, 15) is 4.79 Å². The molecule has 0 heterocycles. The number of rotatable bonds is 2. The summed E-state index contributed by atoms with van der Waals surface area (Å²) in [5.41, 5.74) is 0. The van der Waals surface area contributed by atoms with Crippen molar-refractivity contribution in [3.63, 3.8) is 0 Å². The van der Waals surface area contributed by atoms with Crippen molar-refractivity contribution in [2.24, 2.45) is 5.92 Å². The van der Waals surface area contributed by atoms with E-state index in [-0.39, 0.29) is 36.7 Å². The Hall–Kier alpha value is 0.0500. The first-order chi connectivity index (χ1) is 3.68. The molecule has 0 amide bonds. The molecule has 0 aliphatic heterocycles. The molecule has 0 fully saturated rings. The van der Waals surface area contributed by atoms with Crippen molar-refractivity contribution in [1.29, 1.82) is 0 Å². The Morgan fingerprint density at radius 3 is 1.90 bits per heavy atom. The van der Waals surface area contributed by atoms with Gasteiger partial charge in [-0.25, -0.2) is 0 Å². The van der Waals surface area contributed by atoms with Crippen molar-refractivity contribution in [1.82, 2.24) is 0 Å². The first kappa shape index (κ1) is 16.6. The smallest absolute Gasteiger partial charge is 0.308 e. The second kappa shape index (κ2) is 9.05. The van der Waals surface area contributed by atoms with E-state index in [2.05, 4.69) is 4.74 Å². The molecule has 0 N–H and O–H groups in total. The molecule has 4 heteroatoms. The van der Waals surface area contributed by atoms with Gasteiger partial charge < -0.3 is 4.74 Å². The summed E-state index contributed by atoms with van der Waals surface area (Å²) < 4.78 is 4.66. The topological polar surface area (TPSA) is 26.3 Å². The van der Waals surface area contributed by atoms with Crippen LogP contribution in [0.2, 0.25) is 0 Å². The summed E-state index contributed by atoms with van der Waals surface area (Å²) >= 11 is 0. The van der Waals surface area contributed by atoms with Gasteiger partial charge in [0.25, 0.3) is 0 Å². The lowest BCUT2D eigenvalue weighted by molar-refractivity contribution is -0.146. The molecule has 0 bridgehead atoms. The fraction of sp³-hybridized carbons (Fsp3) is 0.833. The van der Waals surface area contributed by atoms with Gasteiger partial charge in [0.15, 0.2) is 0 Å². The van der Waals surface area contributed by atoms with Gasteiger partial charge in [0.1, 0.15) is 0 Å². The Bertz CT molecular complexity index is 83.8. The highest BCUT2D eigenvalue weighted by Crippen LogP contribution is 1.93. The van der Waals surface area contributed by atoms with E-state index in [4.69, 9.17) is 0 Å².